The standard InChI is InChI=1S/C26H16Cl2FN3O3S2/c27-17-9-6-16(19(28)12-17)13-36-26-31-30-25(37-26)32-21(14-7-10-18(29)11-8-14)20(23(34)24(32)35)22(33)15-4-2-1-3-5-15/h1-12,21,33H,13H2/b22-20-. The van der Waals surface area contributed by atoms with Crippen LogP contribution in [0.25, 0.3) is 5.76 Å². The Hall–Kier alpha value is -3.24. The minimum atomic E-state index is -1.02. The number of ketones is 1. The second-order valence-electron chi connectivity index (χ2n) is 7.96. The summed E-state index contributed by atoms with van der Waals surface area (Å²) in [4.78, 5) is 27.6. The first-order chi connectivity index (χ1) is 17.8. The van der Waals surface area contributed by atoms with Gasteiger partial charge in [-0.25, -0.2) is 4.39 Å². The van der Waals surface area contributed by atoms with Gasteiger partial charge in [0.2, 0.25) is 5.13 Å². The van der Waals surface area contributed by atoms with Crippen LogP contribution < -0.4 is 4.90 Å². The lowest BCUT2D eigenvalue weighted by Gasteiger charge is -2.22. The third-order valence-electron chi connectivity index (χ3n) is 5.65. The molecule has 1 atom stereocenters. The second kappa shape index (κ2) is 10.6. The SMILES string of the molecule is O=C1C(=O)N(c2nnc(SCc3ccc(Cl)cc3Cl)s2)C(c2ccc(F)cc2)/C1=C(/O)c1ccccc1. The molecule has 2 heterocycles. The van der Waals surface area contributed by atoms with E-state index in [0.717, 1.165) is 16.9 Å². The largest absolute Gasteiger partial charge is 0.507 e. The van der Waals surface area contributed by atoms with Gasteiger partial charge >= 0.3 is 5.91 Å². The van der Waals surface area contributed by atoms with Crippen molar-refractivity contribution in [2.45, 2.75) is 16.1 Å². The van der Waals surface area contributed by atoms with Crippen molar-refractivity contribution in [2.24, 2.45) is 0 Å². The van der Waals surface area contributed by atoms with Crippen molar-refractivity contribution in [3.8, 4) is 0 Å². The maximum absolute atomic E-state index is 13.7. The highest BCUT2D eigenvalue weighted by Crippen LogP contribution is 2.44. The van der Waals surface area contributed by atoms with E-state index in [-0.39, 0.29) is 16.5 Å². The molecule has 1 saturated heterocycles. The van der Waals surface area contributed by atoms with Crippen LogP contribution >= 0.6 is 46.3 Å². The number of nitrogens with zero attached hydrogens (tertiary/aromatic N) is 3. The molecule has 3 aromatic carbocycles. The molecule has 5 rings (SSSR count). The fraction of sp³-hybridized carbons (Fsp3) is 0.0769. The number of aromatic nitrogens is 2. The van der Waals surface area contributed by atoms with E-state index in [0.29, 0.717) is 31.3 Å². The molecule has 186 valence electrons. The van der Waals surface area contributed by atoms with Gasteiger partial charge in [-0.1, -0.05) is 94.8 Å². The molecule has 1 aliphatic heterocycles. The molecule has 11 heteroatoms. The molecule has 4 aromatic rings. The lowest BCUT2D eigenvalue weighted by molar-refractivity contribution is -0.132. The summed E-state index contributed by atoms with van der Waals surface area (Å²) >= 11 is 14.7. The summed E-state index contributed by atoms with van der Waals surface area (Å²) in [6.45, 7) is 0. The molecule has 37 heavy (non-hydrogen) atoms. The number of thioether (sulfide) groups is 1. The van der Waals surface area contributed by atoms with Crippen molar-refractivity contribution in [3.05, 3.63) is 111 Å². The maximum Gasteiger partial charge on any atom is 0.301 e. The lowest BCUT2D eigenvalue weighted by Crippen LogP contribution is -2.29. The predicted molar refractivity (Wildman–Crippen MR) is 144 cm³/mol. The first-order valence-electron chi connectivity index (χ1n) is 10.9. The first kappa shape index (κ1) is 25.4. The molecule has 1 amide bonds. The van der Waals surface area contributed by atoms with Gasteiger partial charge in [0.25, 0.3) is 5.78 Å². The van der Waals surface area contributed by atoms with E-state index in [4.69, 9.17) is 23.2 Å². The van der Waals surface area contributed by atoms with Crippen molar-refractivity contribution >= 4 is 68.9 Å². The summed E-state index contributed by atoms with van der Waals surface area (Å²) in [5.41, 5.74) is 1.55. The van der Waals surface area contributed by atoms with Crippen LogP contribution in [0.3, 0.4) is 0 Å². The second-order valence-corrected chi connectivity index (χ2v) is 11.0. The summed E-state index contributed by atoms with van der Waals surface area (Å²) in [5, 5.41) is 20.6. The van der Waals surface area contributed by atoms with Gasteiger partial charge in [0.15, 0.2) is 4.34 Å². The van der Waals surface area contributed by atoms with Gasteiger partial charge < -0.3 is 5.11 Å². The molecule has 0 spiro atoms. The monoisotopic (exact) mass is 571 g/mol. The summed E-state index contributed by atoms with van der Waals surface area (Å²) < 4.78 is 14.2. The molecular weight excluding hydrogens is 556 g/mol. The summed E-state index contributed by atoms with van der Waals surface area (Å²) in [6.07, 6.45) is 0. The van der Waals surface area contributed by atoms with E-state index >= 15 is 0 Å². The number of benzene rings is 3. The van der Waals surface area contributed by atoms with Crippen LogP contribution in [-0.4, -0.2) is 27.0 Å². The number of hydrogen-bond donors (Lipinski definition) is 1. The molecule has 6 nitrogen and oxygen atoms in total. The van der Waals surface area contributed by atoms with Gasteiger partial charge in [0, 0.05) is 21.4 Å². The minimum Gasteiger partial charge on any atom is -0.507 e. The Bertz CT molecular complexity index is 1530. The van der Waals surface area contributed by atoms with Crippen molar-refractivity contribution in [1.82, 2.24) is 10.2 Å². The Morgan fingerprint density at radius 3 is 2.46 bits per heavy atom. The average molecular weight is 572 g/mol. The van der Waals surface area contributed by atoms with Crippen LogP contribution in [0, 0.1) is 5.82 Å². The molecular formula is C26H16Cl2FN3O3S2. The number of hydrogen-bond acceptors (Lipinski definition) is 7. The van der Waals surface area contributed by atoms with Crippen LogP contribution in [0.1, 0.15) is 22.7 Å². The van der Waals surface area contributed by atoms with E-state index < -0.39 is 23.5 Å². The first-order valence-corrected chi connectivity index (χ1v) is 13.4. The topological polar surface area (TPSA) is 83.4 Å². The van der Waals surface area contributed by atoms with Crippen LogP contribution in [0.5, 0.6) is 0 Å². The normalized spacial score (nSPS) is 16.9. The fourth-order valence-electron chi connectivity index (χ4n) is 3.88. The van der Waals surface area contributed by atoms with Crippen molar-refractivity contribution in [3.63, 3.8) is 0 Å². The fourth-order valence-corrected chi connectivity index (χ4v) is 6.30. The Kier molecular flexibility index (Phi) is 7.30. The summed E-state index contributed by atoms with van der Waals surface area (Å²) in [7, 11) is 0. The van der Waals surface area contributed by atoms with Crippen LogP contribution in [0.4, 0.5) is 9.52 Å². The zero-order valence-corrected chi connectivity index (χ0v) is 21.9. The van der Waals surface area contributed by atoms with Gasteiger partial charge in [0.05, 0.1) is 11.6 Å². The molecule has 0 aliphatic carbocycles. The Balaban J connectivity index is 1.52. The summed E-state index contributed by atoms with van der Waals surface area (Å²) in [5.74, 6) is -2.04. The van der Waals surface area contributed by atoms with Crippen molar-refractivity contribution in [2.75, 3.05) is 4.90 Å². The van der Waals surface area contributed by atoms with Gasteiger partial charge in [-0.15, -0.1) is 10.2 Å². The van der Waals surface area contributed by atoms with Crippen LogP contribution in [0.15, 0.2) is 82.7 Å². The number of aliphatic hydroxyl groups excluding tert-OH is 1. The Morgan fingerprint density at radius 1 is 1.03 bits per heavy atom. The zero-order valence-electron chi connectivity index (χ0n) is 18.8. The predicted octanol–water partition coefficient (Wildman–Crippen LogP) is 6.90. The number of Topliss-reactive ketones (excluding diaryl/α,β-unsaturated/α-hetero) is 1. The van der Waals surface area contributed by atoms with Crippen molar-refractivity contribution < 1.29 is 19.1 Å². The zero-order chi connectivity index (χ0) is 26.1. The quantitative estimate of drug-likeness (QED) is 0.0890. The Morgan fingerprint density at radius 2 is 1.76 bits per heavy atom. The van der Waals surface area contributed by atoms with Gasteiger partial charge in [-0.3, -0.25) is 14.5 Å². The highest BCUT2D eigenvalue weighted by Gasteiger charge is 2.48. The van der Waals surface area contributed by atoms with Crippen molar-refractivity contribution in [1.29, 1.82) is 0 Å². The number of rotatable bonds is 6. The van der Waals surface area contributed by atoms with Gasteiger partial charge in [-0.05, 0) is 35.4 Å². The number of halogens is 3. The van der Waals surface area contributed by atoms with Crippen LogP contribution in [0.2, 0.25) is 10.0 Å². The molecule has 0 saturated carbocycles. The number of aliphatic hydroxyl groups is 1. The number of amides is 1. The van der Waals surface area contributed by atoms with Gasteiger partial charge in [0.1, 0.15) is 11.6 Å². The van der Waals surface area contributed by atoms with E-state index in [1.807, 2.05) is 6.07 Å². The summed E-state index contributed by atoms with van der Waals surface area (Å²) in [6, 6.07) is 18.0. The molecule has 1 unspecified atom stereocenters. The van der Waals surface area contributed by atoms with E-state index in [2.05, 4.69) is 10.2 Å². The molecule has 1 aromatic heterocycles. The third kappa shape index (κ3) is 5.13. The highest BCUT2D eigenvalue weighted by atomic mass is 35.5. The molecule has 1 aliphatic rings. The van der Waals surface area contributed by atoms with E-state index in [1.54, 1.807) is 42.5 Å². The van der Waals surface area contributed by atoms with Crippen LogP contribution in [-0.2, 0) is 15.3 Å². The molecule has 0 bridgehead atoms. The van der Waals surface area contributed by atoms with Gasteiger partial charge in [-0.2, -0.15) is 0 Å². The number of carbonyl (C=O) groups excluding carboxylic acids is 2. The van der Waals surface area contributed by atoms with E-state index in [1.165, 1.54) is 40.9 Å². The Labute approximate surface area is 229 Å². The highest BCUT2D eigenvalue weighted by molar-refractivity contribution is 8.00. The number of carbonyl (C=O) groups is 2. The molecule has 1 N–H and O–H groups in total. The maximum atomic E-state index is 13.7. The third-order valence-corrected chi connectivity index (χ3v) is 8.34. The molecule has 0 radical (unpaired) electrons. The number of anilines is 1. The molecule has 1 fully saturated rings. The minimum absolute atomic E-state index is 0.111. The smallest absolute Gasteiger partial charge is 0.301 e. The van der Waals surface area contributed by atoms with E-state index in [9.17, 15) is 19.1 Å². The average Bonchev–Trinajstić information content (AvgIpc) is 3.46. The lowest BCUT2D eigenvalue weighted by atomic mass is 9.95.